The number of pyridine rings is 1. The number of aryl methyl sites for hydroxylation is 1. The van der Waals surface area contributed by atoms with E-state index in [4.69, 9.17) is 16.3 Å². The molecule has 0 aliphatic carbocycles. The minimum atomic E-state index is -3.75. The first-order valence-corrected chi connectivity index (χ1v) is 11.2. The van der Waals surface area contributed by atoms with E-state index in [9.17, 15) is 18.0 Å². The van der Waals surface area contributed by atoms with Gasteiger partial charge in [0.15, 0.2) is 6.61 Å². The molecule has 0 spiro atoms. The van der Waals surface area contributed by atoms with E-state index in [1.54, 1.807) is 18.2 Å². The normalized spacial score (nSPS) is 11.0. The van der Waals surface area contributed by atoms with Gasteiger partial charge in [0.05, 0.1) is 21.2 Å². The van der Waals surface area contributed by atoms with Gasteiger partial charge >= 0.3 is 5.97 Å². The molecule has 10 heteroatoms. The van der Waals surface area contributed by atoms with Crippen LogP contribution >= 0.6 is 11.6 Å². The number of amides is 1. The highest BCUT2D eigenvalue weighted by Crippen LogP contribution is 2.23. The van der Waals surface area contributed by atoms with Gasteiger partial charge < -0.3 is 10.1 Å². The smallest absolute Gasteiger partial charge is 0.338 e. The average molecular weight is 474 g/mol. The van der Waals surface area contributed by atoms with Crippen molar-refractivity contribution in [3.63, 3.8) is 0 Å². The summed E-state index contributed by atoms with van der Waals surface area (Å²) in [4.78, 5) is 28.2. The van der Waals surface area contributed by atoms with Gasteiger partial charge in [-0.3, -0.25) is 9.10 Å². The Morgan fingerprint density at radius 2 is 1.69 bits per heavy atom. The second-order valence-corrected chi connectivity index (χ2v) is 9.22. The monoisotopic (exact) mass is 473 g/mol. The van der Waals surface area contributed by atoms with Crippen molar-refractivity contribution in [3.05, 3.63) is 83.0 Å². The average Bonchev–Trinajstić information content (AvgIpc) is 2.79. The zero-order valence-corrected chi connectivity index (χ0v) is 18.9. The number of hydrogen-bond donors (Lipinski definition) is 1. The molecule has 32 heavy (non-hydrogen) atoms. The van der Waals surface area contributed by atoms with Crippen LogP contribution in [-0.4, -0.2) is 38.9 Å². The number of nitrogens with one attached hydrogen (secondary N) is 1. The van der Waals surface area contributed by atoms with Gasteiger partial charge in [-0.25, -0.2) is 18.2 Å². The van der Waals surface area contributed by atoms with E-state index < -0.39 is 28.5 Å². The summed E-state index contributed by atoms with van der Waals surface area (Å²) in [7, 11) is -2.32. The molecular weight excluding hydrogens is 454 g/mol. The molecule has 0 radical (unpaired) electrons. The molecule has 0 fully saturated rings. The largest absolute Gasteiger partial charge is 0.452 e. The summed E-state index contributed by atoms with van der Waals surface area (Å²) in [5, 5.41) is 2.90. The second kappa shape index (κ2) is 9.80. The highest BCUT2D eigenvalue weighted by molar-refractivity contribution is 7.92. The number of halogens is 1. The van der Waals surface area contributed by atoms with Gasteiger partial charge in [-0.15, -0.1) is 0 Å². The van der Waals surface area contributed by atoms with E-state index in [0.29, 0.717) is 10.7 Å². The van der Waals surface area contributed by atoms with Gasteiger partial charge in [0.25, 0.3) is 15.9 Å². The Balaban J connectivity index is 1.60. The van der Waals surface area contributed by atoms with E-state index in [1.165, 1.54) is 55.7 Å². The number of carbonyl (C=O) groups is 2. The van der Waals surface area contributed by atoms with Crippen LogP contribution in [-0.2, 0) is 19.6 Å². The maximum atomic E-state index is 12.8. The second-order valence-electron chi connectivity index (χ2n) is 6.82. The van der Waals surface area contributed by atoms with Crippen LogP contribution in [0.2, 0.25) is 5.02 Å². The molecule has 1 N–H and O–H groups in total. The SMILES string of the molecule is Cc1ccc(S(=O)(=O)N(C)c2ccc(C(=O)OCC(=O)Nc3ccc(Cl)cn3)cc2)cc1. The number of carbonyl (C=O) groups excluding carboxylic acids is 2. The number of esters is 1. The number of aromatic nitrogens is 1. The lowest BCUT2D eigenvalue weighted by atomic mass is 10.2. The maximum Gasteiger partial charge on any atom is 0.338 e. The molecule has 0 unspecified atom stereocenters. The third-order valence-electron chi connectivity index (χ3n) is 4.48. The molecule has 1 heterocycles. The Hall–Kier alpha value is -3.43. The van der Waals surface area contributed by atoms with Crippen LogP contribution in [0, 0.1) is 6.92 Å². The van der Waals surface area contributed by atoms with Gasteiger partial charge in [0, 0.05) is 13.2 Å². The third-order valence-corrected chi connectivity index (χ3v) is 6.50. The van der Waals surface area contributed by atoms with Crippen LogP contribution in [0.5, 0.6) is 0 Å². The number of hydrogen-bond acceptors (Lipinski definition) is 6. The maximum absolute atomic E-state index is 12.8. The van der Waals surface area contributed by atoms with Crippen molar-refractivity contribution >= 4 is 45.0 Å². The number of nitrogens with zero attached hydrogens (tertiary/aromatic N) is 2. The van der Waals surface area contributed by atoms with Crippen molar-refractivity contribution in [1.82, 2.24) is 4.98 Å². The topological polar surface area (TPSA) is 106 Å². The first kappa shape index (κ1) is 23.2. The quantitative estimate of drug-likeness (QED) is 0.525. The van der Waals surface area contributed by atoms with Crippen LogP contribution < -0.4 is 9.62 Å². The van der Waals surface area contributed by atoms with Crippen molar-refractivity contribution in [1.29, 1.82) is 0 Å². The highest BCUT2D eigenvalue weighted by atomic mass is 35.5. The Morgan fingerprint density at radius 3 is 2.28 bits per heavy atom. The predicted octanol–water partition coefficient (Wildman–Crippen LogP) is 3.66. The van der Waals surface area contributed by atoms with E-state index >= 15 is 0 Å². The number of benzene rings is 2. The number of ether oxygens (including phenoxy) is 1. The summed E-state index contributed by atoms with van der Waals surface area (Å²) in [5.74, 6) is -1.01. The van der Waals surface area contributed by atoms with Crippen molar-refractivity contribution in [3.8, 4) is 0 Å². The Labute approximate surface area is 190 Å². The number of rotatable bonds is 7. The molecule has 1 aromatic heterocycles. The third kappa shape index (κ3) is 5.63. The molecule has 0 saturated heterocycles. The van der Waals surface area contributed by atoms with Crippen LogP contribution in [0.15, 0.2) is 71.8 Å². The van der Waals surface area contributed by atoms with Crippen LogP contribution in [0.1, 0.15) is 15.9 Å². The molecule has 0 bridgehead atoms. The lowest BCUT2D eigenvalue weighted by Gasteiger charge is -2.19. The van der Waals surface area contributed by atoms with Gasteiger partial charge in [-0.05, 0) is 55.5 Å². The molecular formula is C22H20ClN3O5S. The molecule has 166 valence electrons. The molecule has 0 aliphatic rings. The van der Waals surface area contributed by atoms with E-state index in [1.807, 2.05) is 6.92 Å². The highest BCUT2D eigenvalue weighted by Gasteiger charge is 2.21. The van der Waals surface area contributed by atoms with Crippen molar-refractivity contribution in [2.24, 2.45) is 0 Å². The van der Waals surface area contributed by atoms with Gasteiger partial charge in [-0.1, -0.05) is 29.3 Å². The van der Waals surface area contributed by atoms with Crippen molar-refractivity contribution < 1.29 is 22.7 Å². The van der Waals surface area contributed by atoms with Crippen molar-refractivity contribution in [2.45, 2.75) is 11.8 Å². The molecule has 0 saturated carbocycles. The summed E-state index contributed by atoms with van der Waals surface area (Å²) in [6.45, 7) is 1.36. The summed E-state index contributed by atoms with van der Waals surface area (Å²) >= 11 is 5.73. The van der Waals surface area contributed by atoms with Gasteiger partial charge in [-0.2, -0.15) is 0 Å². The Kier molecular flexibility index (Phi) is 7.12. The lowest BCUT2D eigenvalue weighted by molar-refractivity contribution is -0.119. The zero-order valence-electron chi connectivity index (χ0n) is 17.3. The molecule has 3 rings (SSSR count). The number of anilines is 2. The molecule has 0 aliphatic heterocycles. The molecule has 1 amide bonds. The fourth-order valence-corrected chi connectivity index (χ4v) is 3.96. The van der Waals surface area contributed by atoms with E-state index in [-0.39, 0.29) is 16.3 Å². The fraction of sp³-hybridized carbons (Fsp3) is 0.136. The summed E-state index contributed by atoms with van der Waals surface area (Å²) < 4.78 is 31.7. The Bertz CT molecular complexity index is 1210. The van der Waals surface area contributed by atoms with E-state index in [2.05, 4.69) is 10.3 Å². The van der Waals surface area contributed by atoms with Gasteiger partial charge in [0.1, 0.15) is 5.82 Å². The first-order valence-electron chi connectivity index (χ1n) is 9.41. The fourth-order valence-electron chi connectivity index (χ4n) is 2.66. The van der Waals surface area contributed by atoms with Crippen LogP contribution in [0.25, 0.3) is 0 Å². The van der Waals surface area contributed by atoms with E-state index in [0.717, 1.165) is 9.87 Å². The first-order chi connectivity index (χ1) is 15.2. The van der Waals surface area contributed by atoms with Crippen LogP contribution in [0.3, 0.4) is 0 Å². The zero-order chi connectivity index (χ0) is 23.3. The standard InChI is InChI=1S/C22H20ClN3O5S/c1-15-3-10-19(11-4-15)32(29,30)26(2)18-8-5-16(6-9-18)22(28)31-14-21(27)25-20-12-7-17(23)13-24-20/h3-13H,14H2,1-2H3,(H,24,25,27). The summed E-state index contributed by atoms with van der Waals surface area (Å²) in [6.07, 6.45) is 1.38. The molecule has 2 aromatic carbocycles. The summed E-state index contributed by atoms with van der Waals surface area (Å²) in [6, 6.07) is 15.4. The predicted molar refractivity (Wildman–Crippen MR) is 121 cm³/mol. The summed E-state index contributed by atoms with van der Waals surface area (Å²) in [5.41, 5.74) is 1.49. The minimum Gasteiger partial charge on any atom is -0.452 e. The molecule has 0 atom stereocenters. The van der Waals surface area contributed by atoms with Crippen LogP contribution in [0.4, 0.5) is 11.5 Å². The Morgan fingerprint density at radius 1 is 1.03 bits per heavy atom. The minimum absolute atomic E-state index is 0.162. The van der Waals surface area contributed by atoms with Crippen molar-refractivity contribution in [2.75, 3.05) is 23.3 Å². The number of sulfonamides is 1. The van der Waals surface area contributed by atoms with Gasteiger partial charge in [0.2, 0.25) is 0 Å². The molecule has 3 aromatic rings. The molecule has 8 nitrogen and oxygen atoms in total. The lowest BCUT2D eigenvalue weighted by Crippen LogP contribution is -2.26.